The highest BCUT2D eigenvalue weighted by molar-refractivity contribution is 6.36. The van der Waals surface area contributed by atoms with Gasteiger partial charge in [0.25, 0.3) is 5.91 Å². The highest BCUT2D eigenvalue weighted by atomic mass is 35.5. The van der Waals surface area contributed by atoms with Crippen LogP contribution in [0.1, 0.15) is 43.4 Å². The number of amides is 1. The molecule has 2 aromatic carbocycles. The molecule has 1 amide bonds. The average Bonchev–Trinajstić information content (AvgIpc) is 3.64. The van der Waals surface area contributed by atoms with E-state index in [1.54, 1.807) is 6.07 Å². The standard InChI is InChI=1S/C35H38ClF2N7O2/c1-22(37)33(46)45-18-17-44(19-24(45)10-14-39)32-25-11-15-43(28-6-3-5-23-8-9-26(38)31(36)30(23)28)20-27(25)40-34(41-32)47-21-35-12-4-7-29(35)42(2)16-13-35/h3,5-6,8-9,24,29H,1,4,7,10-13,15-21H2,2H3/t24-,29?,35?/m0/s1. The summed E-state index contributed by atoms with van der Waals surface area (Å²) in [6.45, 7) is 6.76. The van der Waals surface area contributed by atoms with Crippen molar-refractivity contribution in [1.29, 1.82) is 5.26 Å². The number of anilines is 2. The first-order chi connectivity index (χ1) is 22.7. The maximum Gasteiger partial charge on any atom is 0.318 e. The largest absolute Gasteiger partial charge is 0.463 e. The van der Waals surface area contributed by atoms with Crippen molar-refractivity contribution < 1.29 is 18.3 Å². The predicted molar refractivity (Wildman–Crippen MR) is 177 cm³/mol. The summed E-state index contributed by atoms with van der Waals surface area (Å²) >= 11 is 6.52. The second kappa shape index (κ2) is 12.5. The number of aromatic nitrogens is 2. The summed E-state index contributed by atoms with van der Waals surface area (Å²) in [4.78, 5) is 30.6. The molecule has 1 aromatic heterocycles. The highest BCUT2D eigenvalue weighted by Crippen LogP contribution is 2.48. The summed E-state index contributed by atoms with van der Waals surface area (Å²) in [5.41, 5.74) is 2.67. The van der Waals surface area contributed by atoms with Gasteiger partial charge in [-0.1, -0.05) is 42.8 Å². The van der Waals surface area contributed by atoms with Gasteiger partial charge in [0.05, 0.1) is 42.4 Å². The molecule has 1 aliphatic carbocycles. The van der Waals surface area contributed by atoms with Crippen LogP contribution in [0.3, 0.4) is 0 Å². The van der Waals surface area contributed by atoms with E-state index in [1.165, 1.54) is 17.4 Å². The molecule has 9 nitrogen and oxygen atoms in total. The fraction of sp³-hybridized carbons (Fsp3) is 0.486. The summed E-state index contributed by atoms with van der Waals surface area (Å²) in [5, 5.41) is 11.2. The fourth-order valence-corrected chi connectivity index (χ4v) is 8.60. The molecule has 0 radical (unpaired) electrons. The first-order valence-corrected chi connectivity index (χ1v) is 16.7. The molecular formula is C35H38ClF2N7O2. The van der Waals surface area contributed by atoms with Gasteiger partial charge in [0.1, 0.15) is 11.6 Å². The quantitative estimate of drug-likeness (QED) is 0.300. The second-order valence-electron chi connectivity index (χ2n) is 13.3. The first-order valence-electron chi connectivity index (χ1n) is 16.3. The third kappa shape index (κ3) is 5.65. The van der Waals surface area contributed by atoms with Crippen molar-refractivity contribution in [3.8, 4) is 12.1 Å². The van der Waals surface area contributed by atoms with Crippen molar-refractivity contribution in [2.24, 2.45) is 5.41 Å². The lowest BCUT2D eigenvalue weighted by Crippen LogP contribution is -2.55. The number of carbonyl (C=O) groups excluding carboxylic acids is 1. The Hall–Kier alpha value is -4.01. The molecule has 0 bridgehead atoms. The summed E-state index contributed by atoms with van der Waals surface area (Å²) in [6, 6.07) is 11.3. The molecule has 47 heavy (non-hydrogen) atoms. The monoisotopic (exact) mass is 661 g/mol. The van der Waals surface area contributed by atoms with Crippen LogP contribution in [0.25, 0.3) is 10.8 Å². The van der Waals surface area contributed by atoms with Gasteiger partial charge in [-0.15, -0.1) is 0 Å². The third-order valence-corrected chi connectivity index (χ3v) is 11.1. The number of hydrogen-bond donors (Lipinski definition) is 0. The van der Waals surface area contributed by atoms with E-state index in [2.05, 4.69) is 34.4 Å². The van der Waals surface area contributed by atoms with E-state index in [4.69, 9.17) is 26.3 Å². The van der Waals surface area contributed by atoms with E-state index in [-0.39, 0.29) is 23.4 Å². The Labute approximate surface area is 278 Å². The number of nitriles is 1. The topological polar surface area (TPSA) is 88.8 Å². The molecule has 4 heterocycles. The van der Waals surface area contributed by atoms with Crippen LogP contribution in [0.4, 0.5) is 20.3 Å². The van der Waals surface area contributed by atoms with Crippen LogP contribution in [0.2, 0.25) is 5.02 Å². The smallest absolute Gasteiger partial charge is 0.318 e. The Morgan fingerprint density at radius 2 is 2.02 bits per heavy atom. The molecule has 3 atom stereocenters. The van der Waals surface area contributed by atoms with Gasteiger partial charge in [0.15, 0.2) is 5.83 Å². The van der Waals surface area contributed by atoms with Crippen molar-refractivity contribution >= 4 is 39.8 Å². The minimum Gasteiger partial charge on any atom is -0.463 e. The van der Waals surface area contributed by atoms with Crippen molar-refractivity contribution in [2.75, 3.05) is 56.2 Å². The number of carbonyl (C=O) groups is 1. The Bertz CT molecular complexity index is 1780. The summed E-state index contributed by atoms with van der Waals surface area (Å²) < 4.78 is 35.0. The number of halogens is 3. The Morgan fingerprint density at radius 1 is 1.17 bits per heavy atom. The lowest BCUT2D eigenvalue weighted by Gasteiger charge is -2.42. The van der Waals surface area contributed by atoms with E-state index in [0.29, 0.717) is 62.5 Å². The van der Waals surface area contributed by atoms with Gasteiger partial charge in [0.2, 0.25) is 0 Å². The molecule has 246 valence electrons. The lowest BCUT2D eigenvalue weighted by molar-refractivity contribution is -0.131. The molecule has 3 aliphatic heterocycles. The molecule has 4 aliphatic rings. The van der Waals surface area contributed by atoms with Crippen molar-refractivity contribution in [1.82, 2.24) is 19.8 Å². The van der Waals surface area contributed by atoms with Crippen molar-refractivity contribution in [3.05, 3.63) is 64.8 Å². The molecule has 12 heteroatoms. The first kappa shape index (κ1) is 31.6. The molecule has 1 saturated carbocycles. The third-order valence-electron chi connectivity index (χ3n) is 10.7. The van der Waals surface area contributed by atoms with Gasteiger partial charge in [0, 0.05) is 54.3 Å². The number of rotatable bonds is 7. The van der Waals surface area contributed by atoms with Crippen LogP contribution in [0.5, 0.6) is 6.01 Å². The zero-order valence-electron chi connectivity index (χ0n) is 26.5. The summed E-state index contributed by atoms with van der Waals surface area (Å²) in [5.74, 6) is -1.57. The van der Waals surface area contributed by atoms with E-state index >= 15 is 0 Å². The number of fused-ring (bicyclic) bond motifs is 3. The molecule has 7 rings (SSSR count). The lowest BCUT2D eigenvalue weighted by atomic mass is 9.83. The molecule has 2 unspecified atom stereocenters. The van der Waals surface area contributed by atoms with Crippen molar-refractivity contribution in [2.45, 2.75) is 57.2 Å². The van der Waals surface area contributed by atoms with E-state index in [9.17, 15) is 18.8 Å². The number of ether oxygens (including phenoxy) is 1. The zero-order chi connectivity index (χ0) is 32.9. The SMILES string of the molecule is C=C(F)C(=O)N1CCN(c2nc(OCC34CCCC3N(C)CC4)nc3c2CCN(c2cccc4ccc(F)c(Cl)c24)C3)C[C@@H]1CC#N. The number of piperazine rings is 1. The number of nitrogens with zero attached hydrogens (tertiary/aromatic N) is 7. The normalized spacial score (nSPS) is 24.3. The molecule has 0 spiro atoms. The van der Waals surface area contributed by atoms with E-state index in [1.807, 2.05) is 18.2 Å². The van der Waals surface area contributed by atoms with Gasteiger partial charge in [-0.3, -0.25) is 4.79 Å². The Kier molecular flexibility index (Phi) is 8.43. The molecule has 3 aromatic rings. The van der Waals surface area contributed by atoms with Crippen LogP contribution in [-0.4, -0.2) is 84.1 Å². The highest BCUT2D eigenvalue weighted by Gasteiger charge is 2.49. The van der Waals surface area contributed by atoms with Crippen LogP contribution in [-0.2, 0) is 17.8 Å². The van der Waals surface area contributed by atoms with E-state index in [0.717, 1.165) is 48.1 Å². The van der Waals surface area contributed by atoms with Gasteiger partial charge in [-0.05, 0) is 56.8 Å². The maximum absolute atomic E-state index is 14.6. The summed E-state index contributed by atoms with van der Waals surface area (Å²) in [7, 11) is 2.19. The number of benzene rings is 2. The average molecular weight is 662 g/mol. The van der Waals surface area contributed by atoms with Gasteiger partial charge in [-0.2, -0.15) is 15.2 Å². The number of hydrogen-bond acceptors (Lipinski definition) is 8. The van der Waals surface area contributed by atoms with Crippen LogP contribution < -0.4 is 14.5 Å². The molecule has 2 saturated heterocycles. The minimum absolute atomic E-state index is 0.0513. The number of likely N-dealkylation sites (tertiary alicyclic amines) is 1. The van der Waals surface area contributed by atoms with Crippen molar-refractivity contribution in [3.63, 3.8) is 0 Å². The fourth-order valence-electron chi connectivity index (χ4n) is 8.33. The predicted octanol–water partition coefficient (Wildman–Crippen LogP) is 5.65. The summed E-state index contributed by atoms with van der Waals surface area (Å²) in [6.07, 6.45) is 5.17. The van der Waals surface area contributed by atoms with Gasteiger partial charge < -0.3 is 24.3 Å². The Balaban J connectivity index is 1.24. The van der Waals surface area contributed by atoms with Crippen LogP contribution in [0.15, 0.2) is 42.7 Å². The Morgan fingerprint density at radius 3 is 2.83 bits per heavy atom. The molecular weight excluding hydrogens is 624 g/mol. The maximum atomic E-state index is 14.6. The van der Waals surface area contributed by atoms with Crippen LogP contribution >= 0.6 is 11.6 Å². The zero-order valence-corrected chi connectivity index (χ0v) is 27.3. The molecule has 3 fully saturated rings. The van der Waals surface area contributed by atoms with Crippen LogP contribution in [0, 0.1) is 22.6 Å². The van der Waals surface area contributed by atoms with Gasteiger partial charge >= 0.3 is 6.01 Å². The molecule has 0 N–H and O–H groups in total. The van der Waals surface area contributed by atoms with E-state index < -0.39 is 23.6 Å². The minimum atomic E-state index is -1.04. The second-order valence-corrected chi connectivity index (χ2v) is 13.7. The van der Waals surface area contributed by atoms with Gasteiger partial charge in [-0.25, -0.2) is 8.78 Å².